The van der Waals surface area contributed by atoms with Crippen LogP contribution in [0.5, 0.6) is 0 Å². The number of likely N-dealkylation sites (N-methyl/N-ethyl adjacent to an activating group) is 1. The van der Waals surface area contributed by atoms with Gasteiger partial charge in [0, 0.05) is 31.9 Å². The molecule has 0 unspecified atom stereocenters. The van der Waals surface area contributed by atoms with Crippen molar-refractivity contribution in [3.05, 3.63) is 29.3 Å². The van der Waals surface area contributed by atoms with Gasteiger partial charge in [0.1, 0.15) is 6.07 Å². The van der Waals surface area contributed by atoms with E-state index in [1.54, 1.807) is 12.1 Å². The number of ether oxygens (including phenoxy) is 1. The normalized spacial score (nSPS) is 15.9. The first-order chi connectivity index (χ1) is 9.15. The monoisotopic (exact) mass is 259 g/mol. The van der Waals surface area contributed by atoms with Gasteiger partial charge in [0.05, 0.1) is 18.2 Å². The fraction of sp³-hybridized carbons (Fsp3) is 0.429. The average Bonchev–Trinajstić information content (AvgIpc) is 2.46. The molecule has 0 saturated carbocycles. The molecule has 1 fully saturated rings. The van der Waals surface area contributed by atoms with Crippen LogP contribution in [-0.2, 0) is 4.74 Å². The fourth-order valence-electron chi connectivity index (χ4n) is 2.17. The van der Waals surface area contributed by atoms with Gasteiger partial charge in [-0.1, -0.05) is 0 Å². The van der Waals surface area contributed by atoms with Crippen molar-refractivity contribution in [2.45, 2.75) is 0 Å². The second kappa shape index (κ2) is 5.72. The Bertz CT molecular complexity index is 514. The van der Waals surface area contributed by atoms with Crippen molar-refractivity contribution in [1.82, 2.24) is 4.90 Å². The Morgan fingerprint density at radius 3 is 2.58 bits per heavy atom. The lowest BCUT2D eigenvalue weighted by Gasteiger charge is -2.34. The lowest BCUT2D eigenvalue weighted by molar-refractivity contribution is 0.0600. The average molecular weight is 259 g/mol. The first-order valence-corrected chi connectivity index (χ1v) is 6.21. The van der Waals surface area contributed by atoms with Gasteiger partial charge in [-0.25, -0.2) is 4.79 Å². The molecule has 1 aromatic rings. The minimum Gasteiger partial charge on any atom is -0.465 e. The maximum atomic E-state index is 11.5. The third-order valence-electron chi connectivity index (χ3n) is 3.40. The zero-order valence-electron chi connectivity index (χ0n) is 11.2. The Morgan fingerprint density at radius 1 is 1.32 bits per heavy atom. The first kappa shape index (κ1) is 13.4. The first-order valence-electron chi connectivity index (χ1n) is 6.21. The molecule has 0 amide bonds. The number of anilines is 1. The highest BCUT2D eigenvalue weighted by molar-refractivity contribution is 5.92. The van der Waals surface area contributed by atoms with Gasteiger partial charge in [-0.2, -0.15) is 5.26 Å². The molecule has 1 aliphatic heterocycles. The fourth-order valence-corrected chi connectivity index (χ4v) is 2.17. The van der Waals surface area contributed by atoms with Crippen molar-refractivity contribution < 1.29 is 9.53 Å². The number of esters is 1. The van der Waals surface area contributed by atoms with Crippen LogP contribution in [0.2, 0.25) is 0 Å². The SMILES string of the molecule is COC(=O)c1ccc(N2CCN(C)CC2)cc1C#N. The van der Waals surface area contributed by atoms with Crippen LogP contribution in [0.4, 0.5) is 5.69 Å². The Balaban J connectivity index is 2.25. The summed E-state index contributed by atoms with van der Waals surface area (Å²) in [6, 6.07) is 7.36. The van der Waals surface area contributed by atoms with E-state index in [1.165, 1.54) is 7.11 Å². The molecule has 2 rings (SSSR count). The highest BCUT2D eigenvalue weighted by Gasteiger charge is 2.17. The molecule has 5 heteroatoms. The minimum absolute atomic E-state index is 0.322. The van der Waals surface area contributed by atoms with E-state index >= 15 is 0 Å². The molecular formula is C14H17N3O2. The number of carbonyl (C=O) groups is 1. The number of methoxy groups -OCH3 is 1. The van der Waals surface area contributed by atoms with E-state index in [-0.39, 0.29) is 0 Å². The number of nitrogens with zero attached hydrogens (tertiary/aromatic N) is 3. The van der Waals surface area contributed by atoms with Crippen molar-refractivity contribution >= 4 is 11.7 Å². The van der Waals surface area contributed by atoms with Crippen molar-refractivity contribution in [3.8, 4) is 6.07 Å². The van der Waals surface area contributed by atoms with E-state index in [2.05, 4.69) is 27.7 Å². The van der Waals surface area contributed by atoms with Crippen LogP contribution in [0.3, 0.4) is 0 Å². The molecule has 1 saturated heterocycles. The van der Waals surface area contributed by atoms with Crippen LogP contribution in [-0.4, -0.2) is 51.2 Å². The quantitative estimate of drug-likeness (QED) is 0.744. The number of rotatable bonds is 2. The highest BCUT2D eigenvalue weighted by Crippen LogP contribution is 2.21. The molecule has 0 radical (unpaired) electrons. The lowest BCUT2D eigenvalue weighted by Crippen LogP contribution is -2.44. The lowest BCUT2D eigenvalue weighted by atomic mass is 10.1. The van der Waals surface area contributed by atoms with E-state index in [0.717, 1.165) is 31.9 Å². The maximum Gasteiger partial charge on any atom is 0.339 e. The Hall–Kier alpha value is -2.06. The second-order valence-corrected chi connectivity index (χ2v) is 4.62. The van der Waals surface area contributed by atoms with Crippen LogP contribution in [0.25, 0.3) is 0 Å². The van der Waals surface area contributed by atoms with Gasteiger partial charge in [-0.15, -0.1) is 0 Å². The maximum absolute atomic E-state index is 11.5. The van der Waals surface area contributed by atoms with Crippen LogP contribution in [0.1, 0.15) is 15.9 Å². The highest BCUT2D eigenvalue weighted by atomic mass is 16.5. The summed E-state index contributed by atoms with van der Waals surface area (Å²) in [6.45, 7) is 3.86. The summed E-state index contributed by atoms with van der Waals surface area (Å²) in [4.78, 5) is 16.0. The van der Waals surface area contributed by atoms with Gasteiger partial charge in [0.2, 0.25) is 0 Å². The summed E-state index contributed by atoms with van der Waals surface area (Å²) < 4.78 is 4.67. The standard InChI is InChI=1S/C14H17N3O2/c1-16-5-7-17(8-6-16)12-3-4-13(14(18)19-2)11(9-12)10-15/h3-4,9H,5-8H2,1-2H3. The zero-order valence-corrected chi connectivity index (χ0v) is 11.2. The molecular weight excluding hydrogens is 242 g/mol. The number of hydrogen-bond donors (Lipinski definition) is 0. The van der Waals surface area contributed by atoms with E-state index in [4.69, 9.17) is 5.26 Å². The molecule has 0 aliphatic carbocycles. The Labute approximate surface area is 113 Å². The molecule has 5 nitrogen and oxygen atoms in total. The summed E-state index contributed by atoms with van der Waals surface area (Å²) in [5.41, 5.74) is 1.67. The molecule has 0 bridgehead atoms. The van der Waals surface area contributed by atoms with Gasteiger partial charge in [0.15, 0.2) is 0 Å². The summed E-state index contributed by atoms with van der Waals surface area (Å²) >= 11 is 0. The number of piperazine rings is 1. The van der Waals surface area contributed by atoms with Gasteiger partial charge < -0.3 is 14.5 Å². The molecule has 0 aromatic heterocycles. The zero-order chi connectivity index (χ0) is 13.8. The largest absolute Gasteiger partial charge is 0.465 e. The number of nitriles is 1. The molecule has 19 heavy (non-hydrogen) atoms. The van der Waals surface area contributed by atoms with Crippen molar-refractivity contribution in [3.63, 3.8) is 0 Å². The minimum atomic E-state index is -0.471. The predicted octanol–water partition coefficient (Wildman–Crippen LogP) is 1.10. The van der Waals surface area contributed by atoms with Crippen LogP contribution >= 0.6 is 0 Å². The topological polar surface area (TPSA) is 56.6 Å². The van der Waals surface area contributed by atoms with Crippen molar-refractivity contribution in [1.29, 1.82) is 5.26 Å². The number of carbonyl (C=O) groups excluding carboxylic acids is 1. The van der Waals surface area contributed by atoms with Crippen LogP contribution < -0.4 is 4.90 Å². The van der Waals surface area contributed by atoms with Gasteiger partial charge in [-0.3, -0.25) is 0 Å². The third kappa shape index (κ3) is 2.85. The summed E-state index contributed by atoms with van der Waals surface area (Å²) in [6.07, 6.45) is 0. The predicted molar refractivity (Wildman–Crippen MR) is 72.2 cm³/mol. The summed E-state index contributed by atoms with van der Waals surface area (Å²) in [5.74, 6) is -0.471. The molecule has 0 spiro atoms. The number of hydrogen-bond acceptors (Lipinski definition) is 5. The van der Waals surface area contributed by atoms with Gasteiger partial charge in [-0.05, 0) is 25.2 Å². The molecule has 0 N–H and O–H groups in total. The summed E-state index contributed by atoms with van der Waals surface area (Å²) in [7, 11) is 3.41. The van der Waals surface area contributed by atoms with Gasteiger partial charge in [0.25, 0.3) is 0 Å². The van der Waals surface area contributed by atoms with Crippen LogP contribution in [0.15, 0.2) is 18.2 Å². The van der Waals surface area contributed by atoms with Gasteiger partial charge >= 0.3 is 5.97 Å². The van der Waals surface area contributed by atoms with E-state index in [1.807, 2.05) is 6.07 Å². The third-order valence-corrected chi connectivity index (χ3v) is 3.40. The molecule has 1 aliphatic rings. The Morgan fingerprint density at radius 2 is 2.00 bits per heavy atom. The van der Waals surface area contributed by atoms with E-state index in [9.17, 15) is 4.79 Å². The second-order valence-electron chi connectivity index (χ2n) is 4.62. The van der Waals surface area contributed by atoms with Crippen molar-refractivity contribution in [2.75, 3.05) is 45.2 Å². The molecule has 100 valence electrons. The molecule has 1 heterocycles. The molecule has 1 aromatic carbocycles. The smallest absolute Gasteiger partial charge is 0.339 e. The van der Waals surface area contributed by atoms with Crippen molar-refractivity contribution in [2.24, 2.45) is 0 Å². The van der Waals surface area contributed by atoms with Crippen LogP contribution in [0, 0.1) is 11.3 Å². The summed E-state index contributed by atoms with van der Waals surface area (Å²) in [5, 5.41) is 9.14. The van der Waals surface area contributed by atoms with E-state index < -0.39 is 5.97 Å². The Kier molecular flexibility index (Phi) is 4.03. The molecule has 0 atom stereocenters. The van der Waals surface area contributed by atoms with E-state index in [0.29, 0.717) is 11.1 Å². The number of benzene rings is 1.